The van der Waals surface area contributed by atoms with E-state index in [2.05, 4.69) is 40.5 Å². The molecule has 1 atom stereocenters. The van der Waals surface area contributed by atoms with E-state index in [1.807, 2.05) is 18.2 Å². The lowest BCUT2D eigenvalue weighted by molar-refractivity contribution is 0.133. The van der Waals surface area contributed by atoms with Gasteiger partial charge in [0, 0.05) is 55.8 Å². The lowest BCUT2D eigenvalue weighted by atomic mass is 9.73. The first-order chi connectivity index (χ1) is 17.5. The minimum Gasteiger partial charge on any atom is -0.380 e. The molecule has 3 fully saturated rings. The van der Waals surface area contributed by atoms with Gasteiger partial charge in [0.15, 0.2) is 5.82 Å². The first kappa shape index (κ1) is 22.0. The van der Waals surface area contributed by atoms with Crippen LogP contribution >= 0.6 is 11.6 Å². The van der Waals surface area contributed by atoms with Gasteiger partial charge in [0.1, 0.15) is 17.5 Å². The van der Waals surface area contributed by atoms with Crippen molar-refractivity contribution in [2.45, 2.75) is 25.6 Å². The Morgan fingerprint density at radius 1 is 1.08 bits per heavy atom. The van der Waals surface area contributed by atoms with Gasteiger partial charge in [-0.1, -0.05) is 11.6 Å². The van der Waals surface area contributed by atoms with Gasteiger partial charge in [0.25, 0.3) is 0 Å². The van der Waals surface area contributed by atoms with Crippen LogP contribution in [0, 0.1) is 22.7 Å². The summed E-state index contributed by atoms with van der Waals surface area (Å²) in [5, 5.41) is 18.9. The summed E-state index contributed by atoms with van der Waals surface area (Å²) in [6, 6.07) is 11.4. The van der Waals surface area contributed by atoms with Crippen LogP contribution in [0.2, 0.25) is 5.02 Å². The van der Waals surface area contributed by atoms with Crippen LogP contribution in [-0.2, 0) is 17.8 Å². The van der Waals surface area contributed by atoms with Crippen molar-refractivity contribution in [3.05, 3.63) is 58.3 Å². The van der Waals surface area contributed by atoms with Gasteiger partial charge in [-0.25, -0.2) is 4.98 Å². The normalized spacial score (nSPS) is 22.4. The smallest absolute Gasteiger partial charge is 0.232 e. The Hall–Kier alpha value is -3.26. The number of halogens is 2. The summed E-state index contributed by atoms with van der Waals surface area (Å²) in [5.41, 5.74) is 2.33. The largest absolute Gasteiger partial charge is 0.380 e. The fraction of sp³-hybridized carbons (Fsp3) is 0.440. The Morgan fingerprint density at radius 3 is 2.67 bits per heavy atom. The molecule has 0 unspecified atom stereocenters. The van der Waals surface area contributed by atoms with E-state index >= 15 is 0 Å². The highest BCUT2D eigenvalue weighted by Crippen LogP contribution is 2.44. The fourth-order valence-corrected chi connectivity index (χ4v) is 6.19. The zero-order valence-corrected chi connectivity index (χ0v) is 20.3. The Kier molecular flexibility index (Phi) is 4.96. The second kappa shape index (κ2) is 8.13. The molecule has 3 aromatic rings. The SMILES string of the molecule is N#Cc1ccc(N2CC3(C2)CN(c2nnc4n2-c2ccc(Cl)cc2CN([C@@H]2CCOC2)C4)C3)nc1F. The van der Waals surface area contributed by atoms with Gasteiger partial charge in [-0.2, -0.15) is 9.65 Å². The second-order valence-corrected chi connectivity index (χ2v) is 10.7. The third-order valence-corrected chi connectivity index (χ3v) is 8.04. The molecule has 1 spiro atoms. The number of ether oxygens (including phenoxy) is 1. The number of nitriles is 1. The standard InChI is InChI=1S/C25H24ClFN8O/c26-18-2-3-20-17(7-18)9-32(19-5-6-36-11-19)10-22-30-31-24(35(20)22)34-14-25(15-34)12-33(13-25)21-4-1-16(8-28)23(27)29-21/h1-4,7,19H,5-6,9-15H2/t19-/m1/s1. The molecule has 1 aromatic carbocycles. The summed E-state index contributed by atoms with van der Waals surface area (Å²) >= 11 is 6.39. The minimum atomic E-state index is -0.714. The van der Waals surface area contributed by atoms with Crippen molar-refractivity contribution >= 4 is 23.4 Å². The Bertz CT molecular complexity index is 1380. The van der Waals surface area contributed by atoms with E-state index in [0.29, 0.717) is 18.4 Å². The van der Waals surface area contributed by atoms with Crippen LogP contribution in [0.1, 0.15) is 23.4 Å². The number of fused-ring (bicyclic) bond motifs is 3. The van der Waals surface area contributed by atoms with Crippen LogP contribution in [0.15, 0.2) is 30.3 Å². The first-order valence-electron chi connectivity index (χ1n) is 12.1. The summed E-state index contributed by atoms with van der Waals surface area (Å²) in [4.78, 5) is 10.7. The molecule has 184 valence electrons. The molecule has 0 amide bonds. The topological polar surface area (TPSA) is 86.3 Å². The van der Waals surface area contributed by atoms with Gasteiger partial charge in [0.2, 0.25) is 11.9 Å². The van der Waals surface area contributed by atoms with E-state index in [9.17, 15) is 4.39 Å². The highest BCUT2D eigenvalue weighted by Gasteiger charge is 2.53. The maximum atomic E-state index is 14.0. The molecule has 4 aliphatic rings. The predicted octanol–water partition coefficient (Wildman–Crippen LogP) is 2.76. The number of pyridine rings is 1. The number of hydrogen-bond donors (Lipinski definition) is 0. The van der Waals surface area contributed by atoms with E-state index in [0.717, 1.165) is 80.4 Å². The molecular formula is C25H24ClFN8O. The van der Waals surface area contributed by atoms with Gasteiger partial charge >= 0.3 is 0 Å². The fourth-order valence-electron chi connectivity index (χ4n) is 6.00. The molecule has 11 heteroatoms. The van der Waals surface area contributed by atoms with Gasteiger partial charge in [0.05, 0.1) is 18.8 Å². The van der Waals surface area contributed by atoms with Crippen molar-refractivity contribution in [2.24, 2.45) is 5.41 Å². The van der Waals surface area contributed by atoms with E-state index in [-0.39, 0.29) is 11.0 Å². The lowest BCUT2D eigenvalue weighted by Crippen LogP contribution is -2.73. The molecule has 2 aromatic heterocycles. The zero-order valence-electron chi connectivity index (χ0n) is 19.6. The van der Waals surface area contributed by atoms with E-state index in [4.69, 9.17) is 21.6 Å². The number of benzene rings is 1. The molecule has 36 heavy (non-hydrogen) atoms. The van der Waals surface area contributed by atoms with Crippen LogP contribution in [0.4, 0.5) is 16.2 Å². The van der Waals surface area contributed by atoms with Crippen molar-refractivity contribution in [1.29, 1.82) is 5.26 Å². The minimum absolute atomic E-state index is 0.0307. The molecule has 4 aliphatic heterocycles. The predicted molar refractivity (Wildman–Crippen MR) is 131 cm³/mol. The van der Waals surface area contributed by atoms with Gasteiger partial charge < -0.3 is 14.5 Å². The van der Waals surface area contributed by atoms with Gasteiger partial charge in [-0.05, 0) is 42.3 Å². The third kappa shape index (κ3) is 3.45. The van der Waals surface area contributed by atoms with Crippen molar-refractivity contribution in [2.75, 3.05) is 49.2 Å². The van der Waals surface area contributed by atoms with Crippen molar-refractivity contribution < 1.29 is 9.13 Å². The highest BCUT2D eigenvalue weighted by molar-refractivity contribution is 6.30. The summed E-state index contributed by atoms with van der Waals surface area (Å²) in [7, 11) is 0. The molecule has 3 saturated heterocycles. The van der Waals surface area contributed by atoms with E-state index < -0.39 is 5.95 Å². The Balaban J connectivity index is 1.12. The average Bonchev–Trinajstić information content (AvgIpc) is 3.45. The number of anilines is 2. The van der Waals surface area contributed by atoms with Crippen LogP contribution < -0.4 is 9.80 Å². The first-order valence-corrected chi connectivity index (χ1v) is 12.5. The maximum absolute atomic E-state index is 14.0. The second-order valence-electron chi connectivity index (χ2n) is 10.3. The summed E-state index contributed by atoms with van der Waals surface area (Å²) in [6.07, 6.45) is 1.01. The monoisotopic (exact) mass is 506 g/mol. The van der Waals surface area contributed by atoms with Crippen molar-refractivity contribution in [3.8, 4) is 11.8 Å². The van der Waals surface area contributed by atoms with Crippen LogP contribution in [0.25, 0.3) is 5.69 Å². The van der Waals surface area contributed by atoms with Gasteiger partial charge in [-0.3, -0.25) is 9.47 Å². The summed E-state index contributed by atoms with van der Waals surface area (Å²) in [6.45, 7) is 6.32. The number of hydrogen-bond acceptors (Lipinski definition) is 8. The molecule has 9 nitrogen and oxygen atoms in total. The van der Waals surface area contributed by atoms with E-state index in [1.165, 1.54) is 6.07 Å². The molecule has 0 saturated carbocycles. The van der Waals surface area contributed by atoms with Crippen molar-refractivity contribution in [1.82, 2.24) is 24.6 Å². The maximum Gasteiger partial charge on any atom is 0.232 e. The van der Waals surface area contributed by atoms with Crippen molar-refractivity contribution in [3.63, 3.8) is 0 Å². The Labute approximate surface area is 212 Å². The quantitative estimate of drug-likeness (QED) is 0.501. The number of rotatable bonds is 3. The summed E-state index contributed by atoms with van der Waals surface area (Å²) < 4.78 is 21.8. The summed E-state index contributed by atoms with van der Waals surface area (Å²) in [5.74, 6) is 1.64. The lowest BCUT2D eigenvalue weighted by Gasteiger charge is -2.60. The van der Waals surface area contributed by atoms with Crippen LogP contribution in [0.3, 0.4) is 0 Å². The zero-order chi connectivity index (χ0) is 24.4. The number of aromatic nitrogens is 4. The molecule has 6 heterocycles. The van der Waals surface area contributed by atoms with Gasteiger partial charge in [-0.15, -0.1) is 10.2 Å². The van der Waals surface area contributed by atoms with Crippen LogP contribution in [0.5, 0.6) is 0 Å². The molecule has 0 N–H and O–H groups in total. The molecule has 0 bridgehead atoms. The molecular weight excluding hydrogens is 483 g/mol. The third-order valence-electron chi connectivity index (χ3n) is 7.80. The average molecular weight is 507 g/mol. The van der Waals surface area contributed by atoms with Crippen LogP contribution in [-0.4, -0.2) is 70.1 Å². The molecule has 0 aliphatic carbocycles. The van der Waals surface area contributed by atoms with E-state index in [1.54, 1.807) is 6.07 Å². The molecule has 7 rings (SSSR count). The molecule has 0 radical (unpaired) electrons. The Morgan fingerprint density at radius 2 is 1.92 bits per heavy atom. The number of nitrogens with zero attached hydrogens (tertiary/aromatic N) is 8. The highest BCUT2D eigenvalue weighted by atomic mass is 35.5.